The molecule has 1 aliphatic carbocycles. The van der Waals surface area contributed by atoms with Crippen LogP contribution >= 0.6 is 0 Å². The number of aromatic nitrogens is 1. The van der Waals surface area contributed by atoms with E-state index in [4.69, 9.17) is 9.26 Å². The van der Waals surface area contributed by atoms with Gasteiger partial charge < -0.3 is 14.6 Å². The van der Waals surface area contributed by atoms with Crippen molar-refractivity contribution >= 4 is 0 Å². The van der Waals surface area contributed by atoms with Crippen LogP contribution in [0.4, 0.5) is 0 Å². The lowest BCUT2D eigenvalue weighted by atomic mass is 9.96. The van der Waals surface area contributed by atoms with Gasteiger partial charge in [-0.3, -0.25) is 0 Å². The first-order valence-corrected chi connectivity index (χ1v) is 5.61. The fourth-order valence-electron chi connectivity index (χ4n) is 2.90. The summed E-state index contributed by atoms with van der Waals surface area (Å²) in [5, 5.41) is 7.45. The Hall–Kier alpha value is -1.03. The largest absolute Gasteiger partial charge is 0.479 e. The Bertz CT molecular complexity index is 350. The van der Waals surface area contributed by atoms with Crippen molar-refractivity contribution in [1.82, 2.24) is 10.5 Å². The molecule has 15 heavy (non-hydrogen) atoms. The van der Waals surface area contributed by atoms with Crippen molar-refractivity contribution in [2.75, 3.05) is 7.11 Å². The minimum atomic E-state index is 0.577. The van der Waals surface area contributed by atoms with Gasteiger partial charge in [0.15, 0.2) is 0 Å². The lowest BCUT2D eigenvalue weighted by Crippen LogP contribution is -2.36. The van der Waals surface area contributed by atoms with Crippen LogP contribution < -0.4 is 10.1 Å². The number of hydrogen-bond donors (Lipinski definition) is 1. The highest BCUT2D eigenvalue weighted by molar-refractivity contribution is 5.13. The van der Waals surface area contributed by atoms with Crippen LogP contribution in [0.25, 0.3) is 0 Å². The van der Waals surface area contributed by atoms with Gasteiger partial charge in [0.1, 0.15) is 5.76 Å². The van der Waals surface area contributed by atoms with Gasteiger partial charge in [-0.25, -0.2) is 0 Å². The van der Waals surface area contributed by atoms with Crippen LogP contribution in [0.2, 0.25) is 0 Å². The Balaban J connectivity index is 1.65. The zero-order chi connectivity index (χ0) is 10.3. The molecule has 3 unspecified atom stereocenters. The number of hydrogen-bond acceptors (Lipinski definition) is 4. The summed E-state index contributed by atoms with van der Waals surface area (Å²) in [6, 6.07) is 3.22. The van der Waals surface area contributed by atoms with E-state index in [1.54, 1.807) is 7.11 Å². The minimum absolute atomic E-state index is 0.577. The van der Waals surface area contributed by atoms with Crippen molar-refractivity contribution in [3.05, 3.63) is 11.8 Å². The SMILES string of the molecule is COc1cc(CC2NC3CCC2C3)on1. The van der Waals surface area contributed by atoms with Crippen LogP contribution in [0.3, 0.4) is 0 Å². The highest BCUT2D eigenvalue weighted by atomic mass is 16.5. The molecule has 1 aromatic heterocycles. The first kappa shape index (κ1) is 9.21. The number of nitrogens with zero attached hydrogens (tertiary/aromatic N) is 1. The number of ether oxygens (including phenoxy) is 1. The summed E-state index contributed by atoms with van der Waals surface area (Å²) in [5.74, 6) is 2.34. The molecule has 1 saturated heterocycles. The predicted octanol–water partition coefficient (Wildman–Crippen LogP) is 1.37. The second-order valence-corrected chi connectivity index (χ2v) is 4.58. The number of nitrogens with one attached hydrogen (secondary N) is 1. The van der Waals surface area contributed by atoms with Gasteiger partial charge >= 0.3 is 0 Å². The Morgan fingerprint density at radius 2 is 2.53 bits per heavy atom. The van der Waals surface area contributed by atoms with E-state index in [0.29, 0.717) is 11.9 Å². The molecule has 0 radical (unpaired) electrons. The van der Waals surface area contributed by atoms with E-state index in [1.807, 2.05) is 6.07 Å². The molecule has 0 spiro atoms. The molecule has 4 heteroatoms. The van der Waals surface area contributed by atoms with Gasteiger partial charge in [-0.05, 0) is 30.3 Å². The van der Waals surface area contributed by atoms with Gasteiger partial charge in [0.05, 0.1) is 7.11 Å². The van der Waals surface area contributed by atoms with Crippen LogP contribution in [0.1, 0.15) is 25.0 Å². The smallest absolute Gasteiger partial charge is 0.254 e. The monoisotopic (exact) mass is 208 g/mol. The second-order valence-electron chi connectivity index (χ2n) is 4.58. The maximum atomic E-state index is 5.21. The van der Waals surface area contributed by atoms with Crippen LogP contribution in [-0.4, -0.2) is 24.4 Å². The van der Waals surface area contributed by atoms with E-state index < -0.39 is 0 Å². The Labute approximate surface area is 89.0 Å². The summed E-state index contributed by atoms with van der Waals surface area (Å²) < 4.78 is 10.2. The van der Waals surface area contributed by atoms with Crippen LogP contribution in [0.15, 0.2) is 10.6 Å². The van der Waals surface area contributed by atoms with E-state index in [0.717, 1.165) is 24.1 Å². The molecule has 1 saturated carbocycles. The molecule has 2 heterocycles. The van der Waals surface area contributed by atoms with Crippen LogP contribution in [0, 0.1) is 5.92 Å². The first-order valence-electron chi connectivity index (χ1n) is 5.61. The van der Waals surface area contributed by atoms with E-state index in [9.17, 15) is 0 Å². The molecule has 2 bridgehead atoms. The third-order valence-corrected chi connectivity index (χ3v) is 3.66. The van der Waals surface area contributed by atoms with Gasteiger partial charge in [0.25, 0.3) is 5.88 Å². The molecule has 2 aliphatic rings. The summed E-state index contributed by atoms with van der Waals surface area (Å²) in [5.41, 5.74) is 0. The van der Waals surface area contributed by atoms with Crippen molar-refractivity contribution in [2.24, 2.45) is 5.92 Å². The van der Waals surface area contributed by atoms with E-state index in [1.165, 1.54) is 19.3 Å². The van der Waals surface area contributed by atoms with Gasteiger partial charge in [-0.1, -0.05) is 0 Å². The normalized spacial score (nSPS) is 33.5. The molecule has 0 aromatic carbocycles. The minimum Gasteiger partial charge on any atom is -0.479 e. The molecular weight excluding hydrogens is 192 g/mol. The first-order chi connectivity index (χ1) is 7.35. The summed E-state index contributed by atoms with van der Waals surface area (Å²) >= 11 is 0. The van der Waals surface area contributed by atoms with Crippen LogP contribution in [0.5, 0.6) is 5.88 Å². The Morgan fingerprint density at radius 1 is 1.60 bits per heavy atom. The molecule has 3 atom stereocenters. The van der Waals surface area contributed by atoms with Gasteiger partial charge in [-0.2, -0.15) is 0 Å². The predicted molar refractivity (Wildman–Crippen MR) is 54.8 cm³/mol. The molecule has 4 nitrogen and oxygen atoms in total. The highest BCUT2D eigenvalue weighted by Crippen LogP contribution is 2.36. The molecule has 2 fully saturated rings. The average Bonchev–Trinajstić information content (AvgIpc) is 2.92. The zero-order valence-corrected chi connectivity index (χ0v) is 8.90. The quantitative estimate of drug-likeness (QED) is 0.815. The highest BCUT2D eigenvalue weighted by Gasteiger charge is 2.39. The van der Waals surface area contributed by atoms with E-state index >= 15 is 0 Å². The lowest BCUT2D eigenvalue weighted by Gasteiger charge is -2.21. The van der Waals surface area contributed by atoms with Crippen molar-refractivity contribution in [3.8, 4) is 5.88 Å². The topological polar surface area (TPSA) is 47.3 Å². The summed E-state index contributed by atoms with van der Waals surface area (Å²) in [6.07, 6.45) is 5.00. The van der Waals surface area contributed by atoms with Crippen molar-refractivity contribution < 1.29 is 9.26 Å². The van der Waals surface area contributed by atoms with Crippen molar-refractivity contribution in [1.29, 1.82) is 0 Å². The second kappa shape index (κ2) is 3.52. The Morgan fingerprint density at radius 3 is 3.13 bits per heavy atom. The van der Waals surface area contributed by atoms with Gasteiger partial charge in [0.2, 0.25) is 0 Å². The lowest BCUT2D eigenvalue weighted by molar-refractivity contribution is 0.306. The van der Waals surface area contributed by atoms with Gasteiger partial charge in [0, 0.05) is 24.6 Å². The standard InChI is InChI=1S/C11H16N2O2/c1-14-11-6-9(15-13-11)5-10-7-2-3-8(4-7)12-10/h6-8,10,12H,2-5H2,1H3. The molecule has 0 amide bonds. The van der Waals surface area contributed by atoms with E-state index in [2.05, 4.69) is 10.5 Å². The zero-order valence-electron chi connectivity index (χ0n) is 8.90. The molecule has 1 N–H and O–H groups in total. The molecule has 1 aromatic rings. The third kappa shape index (κ3) is 1.63. The molecule has 3 rings (SSSR count). The Kier molecular flexibility index (Phi) is 2.16. The van der Waals surface area contributed by atoms with Crippen molar-refractivity contribution in [3.63, 3.8) is 0 Å². The van der Waals surface area contributed by atoms with Crippen LogP contribution in [-0.2, 0) is 6.42 Å². The number of fused-ring (bicyclic) bond motifs is 2. The van der Waals surface area contributed by atoms with Crippen molar-refractivity contribution in [2.45, 2.75) is 37.8 Å². The summed E-state index contributed by atoms with van der Waals surface area (Å²) in [4.78, 5) is 0. The number of methoxy groups -OCH3 is 1. The molecular formula is C11H16N2O2. The number of rotatable bonds is 3. The van der Waals surface area contributed by atoms with Gasteiger partial charge in [-0.15, -0.1) is 0 Å². The fourth-order valence-corrected chi connectivity index (χ4v) is 2.90. The van der Waals surface area contributed by atoms with E-state index in [-0.39, 0.29) is 0 Å². The third-order valence-electron chi connectivity index (χ3n) is 3.66. The number of piperidine rings is 1. The summed E-state index contributed by atoms with van der Waals surface area (Å²) in [7, 11) is 1.61. The summed E-state index contributed by atoms with van der Waals surface area (Å²) in [6.45, 7) is 0. The average molecular weight is 208 g/mol. The maximum Gasteiger partial charge on any atom is 0.254 e. The molecule has 1 aliphatic heterocycles. The molecule has 82 valence electrons. The fraction of sp³-hybridized carbons (Fsp3) is 0.727. The maximum absolute atomic E-state index is 5.21.